The smallest absolute Gasteiger partial charge is 0.237 e. The lowest BCUT2D eigenvalue weighted by Crippen LogP contribution is -2.43. The number of hydrogen-bond donors (Lipinski definition) is 2. The number of carbonyl (C=O) groups is 1. The summed E-state index contributed by atoms with van der Waals surface area (Å²) in [6.45, 7) is 2.87. The van der Waals surface area contributed by atoms with Crippen LogP contribution in [0.5, 0.6) is 11.5 Å². The summed E-state index contributed by atoms with van der Waals surface area (Å²) in [7, 11) is 0. The van der Waals surface area contributed by atoms with E-state index in [-0.39, 0.29) is 43.6 Å². The lowest BCUT2D eigenvalue weighted by atomic mass is 10.1. The average molecular weight is 465 g/mol. The van der Waals surface area contributed by atoms with Gasteiger partial charge in [-0.3, -0.25) is 4.79 Å². The molecule has 1 aliphatic heterocycles. The van der Waals surface area contributed by atoms with Crippen LogP contribution in [-0.2, 0) is 17.8 Å². The summed E-state index contributed by atoms with van der Waals surface area (Å²) in [5.41, 5.74) is 9.04. The van der Waals surface area contributed by atoms with Gasteiger partial charge in [-0.15, -0.1) is 24.8 Å². The number of imidazole rings is 1. The van der Waals surface area contributed by atoms with Crippen LogP contribution < -0.4 is 20.5 Å². The summed E-state index contributed by atoms with van der Waals surface area (Å²) in [4.78, 5) is 16.9. The van der Waals surface area contributed by atoms with Crippen molar-refractivity contribution >= 4 is 30.7 Å². The molecule has 2 heterocycles. The number of rotatable bonds is 7. The van der Waals surface area contributed by atoms with Crippen molar-refractivity contribution in [3.63, 3.8) is 0 Å². The molecular formula is C22H26Cl2N4O3. The summed E-state index contributed by atoms with van der Waals surface area (Å²) < 4.78 is 12.7. The molecule has 166 valence electrons. The van der Waals surface area contributed by atoms with Crippen LogP contribution >= 0.6 is 24.8 Å². The van der Waals surface area contributed by atoms with Gasteiger partial charge in [0.1, 0.15) is 0 Å². The monoisotopic (exact) mass is 464 g/mol. The molecule has 2 atom stereocenters. The largest absolute Gasteiger partial charge is 0.454 e. The fourth-order valence-corrected chi connectivity index (χ4v) is 3.30. The minimum Gasteiger partial charge on any atom is -0.454 e. The number of nitrogens with zero attached hydrogens (tertiary/aromatic N) is 2. The maximum atomic E-state index is 12.5. The van der Waals surface area contributed by atoms with Crippen molar-refractivity contribution in [3.05, 3.63) is 77.9 Å². The van der Waals surface area contributed by atoms with E-state index < -0.39 is 6.04 Å². The predicted octanol–water partition coefficient (Wildman–Crippen LogP) is 3.25. The molecule has 3 N–H and O–H groups in total. The molecule has 1 unspecified atom stereocenters. The first-order valence-electron chi connectivity index (χ1n) is 9.58. The van der Waals surface area contributed by atoms with Crippen LogP contribution in [0.2, 0.25) is 0 Å². The molecule has 1 aliphatic rings. The molecule has 0 bridgehead atoms. The minimum atomic E-state index is -0.675. The molecule has 0 spiro atoms. The van der Waals surface area contributed by atoms with E-state index in [1.807, 2.05) is 54.1 Å². The molecule has 1 aromatic heterocycles. The first kappa shape index (κ1) is 24.5. The normalized spacial score (nSPS) is 13.5. The topological polar surface area (TPSA) is 91.4 Å². The Bertz CT molecular complexity index is 997. The number of hydrogen-bond acceptors (Lipinski definition) is 5. The van der Waals surface area contributed by atoms with Gasteiger partial charge in [0.15, 0.2) is 11.5 Å². The number of carbonyl (C=O) groups excluding carboxylic acids is 1. The van der Waals surface area contributed by atoms with Gasteiger partial charge in [0.25, 0.3) is 0 Å². The van der Waals surface area contributed by atoms with Crippen molar-refractivity contribution in [2.24, 2.45) is 5.73 Å². The number of benzene rings is 2. The standard InChI is InChI=1S/C22H24N4O3.2ClH/c1-15(17-7-8-20-21(9-17)29-14-28-20)25-22(27)19(23)10-18-12-26(13-24-18)11-16-5-3-2-4-6-16;;/h2-9,12-13,15,19H,10-11,14,23H2,1H3,(H,25,27);2*1H/t15?,19-;;/m0../s1. The second kappa shape index (κ2) is 11.0. The van der Waals surface area contributed by atoms with E-state index in [0.29, 0.717) is 12.2 Å². The fourth-order valence-electron chi connectivity index (χ4n) is 3.30. The quantitative estimate of drug-likeness (QED) is 0.559. The maximum Gasteiger partial charge on any atom is 0.237 e. The fraction of sp³-hybridized carbons (Fsp3) is 0.273. The van der Waals surface area contributed by atoms with Gasteiger partial charge < -0.3 is 25.1 Å². The van der Waals surface area contributed by atoms with Gasteiger partial charge in [0.2, 0.25) is 12.7 Å². The minimum absolute atomic E-state index is 0. The summed E-state index contributed by atoms with van der Waals surface area (Å²) in [5.74, 6) is 1.19. The maximum absolute atomic E-state index is 12.5. The molecule has 0 aliphatic carbocycles. The van der Waals surface area contributed by atoms with Gasteiger partial charge in [0, 0.05) is 19.2 Å². The highest BCUT2D eigenvalue weighted by Crippen LogP contribution is 2.34. The van der Waals surface area contributed by atoms with Gasteiger partial charge in [-0.05, 0) is 30.2 Å². The van der Waals surface area contributed by atoms with Crippen LogP contribution in [0.3, 0.4) is 0 Å². The van der Waals surface area contributed by atoms with E-state index in [2.05, 4.69) is 22.4 Å². The van der Waals surface area contributed by atoms with Gasteiger partial charge in [-0.25, -0.2) is 4.98 Å². The Labute approximate surface area is 193 Å². The number of nitrogens with one attached hydrogen (secondary N) is 1. The summed E-state index contributed by atoms with van der Waals surface area (Å²) in [5, 5.41) is 2.96. The van der Waals surface area contributed by atoms with Crippen LogP contribution in [0.15, 0.2) is 61.1 Å². The molecule has 3 aromatic rings. The Balaban J connectivity index is 0.00000171. The van der Waals surface area contributed by atoms with Crippen molar-refractivity contribution in [2.75, 3.05) is 6.79 Å². The Morgan fingerprint density at radius 3 is 2.68 bits per heavy atom. The number of amides is 1. The molecule has 0 saturated heterocycles. The highest BCUT2D eigenvalue weighted by molar-refractivity contribution is 5.85. The molecule has 0 fully saturated rings. The third-order valence-electron chi connectivity index (χ3n) is 4.92. The van der Waals surface area contributed by atoms with Gasteiger partial charge in [-0.2, -0.15) is 0 Å². The van der Waals surface area contributed by atoms with Gasteiger partial charge >= 0.3 is 0 Å². The predicted molar refractivity (Wildman–Crippen MR) is 123 cm³/mol. The SMILES string of the molecule is CC(NC(=O)[C@@H](N)Cc1cn(Cc2ccccc2)cn1)c1ccc2c(c1)OCO2.Cl.Cl. The number of nitrogens with two attached hydrogens (primary N) is 1. The third kappa shape index (κ3) is 6.13. The van der Waals surface area contributed by atoms with Crippen LogP contribution in [0, 0.1) is 0 Å². The number of fused-ring (bicyclic) bond motifs is 1. The second-order valence-electron chi connectivity index (χ2n) is 7.18. The summed E-state index contributed by atoms with van der Waals surface area (Å²) in [6, 6.07) is 14.9. The van der Waals surface area contributed by atoms with Crippen LogP contribution in [-0.4, -0.2) is 28.3 Å². The molecule has 2 aromatic carbocycles. The second-order valence-corrected chi connectivity index (χ2v) is 7.18. The first-order valence-corrected chi connectivity index (χ1v) is 9.58. The van der Waals surface area contributed by atoms with Gasteiger partial charge in [-0.1, -0.05) is 36.4 Å². The number of aromatic nitrogens is 2. The molecule has 4 rings (SSSR count). The zero-order valence-electron chi connectivity index (χ0n) is 17.1. The van der Waals surface area contributed by atoms with Crippen molar-refractivity contribution < 1.29 is 14.3 Å². The molecule has 7 nitrogen and oxygen atoms in total. The molecular weight excluding hydrogens is 439 g/mol. The van der Waals surface area contributed by atoms with E-state index in [1.54, 1.807) is 6.33 Å². The van der Waals surface area contributed by atoms with Crippen LogP contribution in [0.1, 0.15) is 29.8 Å². The van der Waals surface area contributed by atoms with Crippen molar-refractivity contribution in [1.82, 2.24) is 14.9 Å². The molecule has 0 radical (unpaired) electrons. The third-order valence-corrected chi connectivity index (χ3v) is 4.92. The molecule has 9 heteroatoms. The van der Waals surface area contributed by atoms with E-state index in [9.17, 15) is 4.79 Å². The lowest BCUT2D eigenvalue weighted by Gasteiger charge is -2.17. The highest BCUT2D eigenvalue weighted by Gasteiger charge is 2.20. The summed E-state index contributed by atoms with van der Waals surface area (Å²) >= 11 is 0. The molecule has 1 amide bonds. The van der Waals surface area contributed by atoms with Crippen molar-refractivity contribution in [3.8, 4) is 11.5 Å². The summed E-state index contributed by atoms with van der Waals surface area (Å²) in [6.07, 6.45) is 4.07. The zero-order valence-corrected chi connectivity index (χ0v) is 18.7. The lowest BCUT2D eigenvalue weighted by molar-refractivity contribution is -0.123. The zero-order chi connectivity index (χ0) is 20.2. The van der Waals surface area contributed by atoms with Gasteiger partial charge in [0.05, 0.1) is 24.1 Å². The Hall–Kier alpha value is -2.74. The highest BCUT2D eigenvalue weighted by atomic mass is 35.5. The van der Waals surface area contributed by atoms with Crippen LogP contribution in [0.25, 0.3) is 0 Å². The Kier molecular flexibility index (Phi) is 8.74. The van der Waals surface area contributed by atoms with Crippen molar-refractivity contribution in [2.45, 2.75) is 32.0 Å². The molecule has 0 saturated carbocycles. The van der Waals surface area contributed by atoms with E-state index >= 15 is 0 Å². The van der Waals surface area contributed by atoms with E-state index in [4.69, 9.17) is 15.2 Å². The number of ether oxygens (including phenoxy) is 2. The number of halogens is 2. The van der Waals surface area contributed by atoms with E-state index in [1.165, 1.54) is 5.56 Å². The average Bonchev–Trinajstić information content (AvgIpc) is 3.37. The van der Waals surface area contributed by atoms with Crippen molar-refractivity contribution in [1.29, 1.82) is 0 Å². The first-order chi connectivity index (χ1) is 14.1. The molecule has 31 heavy (non-hydrogen) atoms. The van der Waals surface area contributed by atoms with E-state index in [0.717, 1.165) is 23.6 Å². The van der Waals surface area contributed by atoms with Crippen LogP contribution in [0.4, 0.5) is 0 Å². The Morgan fingerprint density at radius 1 is 1.16 bits per heavy atom. The Morgan fingerprint density at radius 2 is 1.90 bits per heavy atom.